The predicted molar refractivity (Wildman–Crippen MR) is 167 cm³/mol. The zero-order valence-corrected chi connectivity index (χ0v) is 26.5. The Hall–Kier alpha value is -2.98. The molecule has 2 bridgehead atoms. The van der Waals surface area contributed by atoms with Crippen LogP contribution in [-0.4, -0.2) is 72.1 Å². The number of nitrogens with one attached hydrogen (secondary N) is 1. The fraction of sp³-hybridized carbons (Fsp3) is 0.588. The smallest absolute Gasteiger partial charge is 0.335 e. The molecule has 1 heterocycles. The van der Waals surface area contributed by atoms with Crippen molar-refractivity contribution in [3.05, 3.63) is 53.1 Å². The highest BCUT2D eigenvalue weighted by Gasteiger charge is 2.57. The van der Waals surface area contributed by atoms with Gasteiger partial charge < -0.3 is 26.2 Å². The predicted octanol–water partition coefficient (Wildman–Crippen LogP) is 4.05. The first kappa shape index (κ1) is 31.4. The van der Waals surface area contributed by atoms with Gasteiger partial charge in [0.25, 0.3) is 0 Å². The number of carboxylic acids is 1. The summed E-state index contributed by atoms with van der Waals surface area (Å²) in [7, 11) is 3.77. The van der Waals surface area contributed by atoms with E-state index in [-0.39, 0.29) is 24.1 Å². The van der Waals surface area contributed by atoms with E-state index in [4.69, 9.17) is 10.6 Å². The molecule has 1 saturated heterocycles. The van der Waals surface area contributed by atoms with Gasteiger partial charge in [-0.15, -0.1) is 0 Å². The molecule has 234 valence electrons. The monoisotopic (exact) mass is 592 g/mol. The van der Waals surface area contributed by atoms with Crippen molar-refractivity contribution in [2.75, 3.05) is 25.5 Å². The number of carbonyl (C=O) groups excluding carboxylic acids is 1. The van der Waals surface area contributed by atoms with E-state index in [0.717, 1.165) is 34.4 Å². The van der Waals surface area contributed by atoms with Gasteiger partial charge in [-0.3, -0.25) is 9.63 Å². The molecular formula is C34H48N4O5. The molecule has 0 spiro atoms. The number of hydrogen-bond donors (Lipinski definition) is 4. The second-order valence-electron chi connectivity index (χ2n) is 13.8. The van der Waals surface area contributed by atoms with Crippen molar-refractivity contribution >= 4 is 17.6 Å². The van der Waals surface area contributed by atoms with Crippen LogP contribution in [0.5, 0.6) is 0 Å². The third kappa shape index (κ3) is 5.68. The summed E-state index contributed by atoms with van der Waals surface area (Å²) < 4.78 is 0. The first-order valence-corrected chi connectivity index (χ1v) is 15.5. The van der Waals surface area contributed by atoms with Crippen LogP contribution in [0.4, 0.5) is 5.69 Å². The minimum atomic E-state index is -0.983. The van der Waals surface area contributed by atoms with Crippen LogP contribution in [0.25, 0.3) is 11.1 Å². The molecule has 8 atom stereocenters. The molecule has 0 aromatic heterocycles. The van der Waals surface area contributed by atoms with Gasteiger partial charge in [-0.25, -0.2) is 4.79 Å². The lowest BCUT2D eigenvalue weighted by atomic mass is 9.45. The number of aliphatic hydroxyl groups is 1. The van der Waals surface area contributed by atoms with E-state index < -0.39 is 30.1 Å². The van der Waals surface area contributed by atoms with E-state index in [1.807, 2.05) is 50.2 Å². The van der Waals surface area contributed by atoms with Gasteiger partial charge in [0.05, 0.1) is 24.3 Å². The number of anilines is 1. The van der Waals surface area contributed by atoms with E-state index in [1.165, 1.54) is 6.42 Å². The van der Waals surface area contributed by atoms with Crippen LogP contribution in [0.3, 0.4) is 0 Å². The number of nitrogens with two attached hydrogens (primary N) is 1. The number of fused-ring (bicyclic) bond motifs is 2. The van der Waals surface area contributed by atoms with E-state index in [1.54, 1.807) is 24.1 Å². The molecule has 9 heteroatoms. The average Bonchev–Trinajstić information content (AvgIpc) is 3.33. The molecule has 3 aliphatic carbocycles. The van der Waals surface area contributed by atoms with Gasteiger partial charge in [0, 0.05) is 38.3 Å². The van der Waals surface area contributed by atoms with Gasteiger partial charge in [-0.2, -0.15) is 5.06 Å². The van der Waals surface area contributed by atoms with E-state index in [0.29, 0.717) is 29.7 Å². The van der Waals surface area contributed by atoms with Crippen molar-refractivity contribution in [3.63, 3.8) is 0 Å². The number of benzene rings is 2. The number of carboxylic acid groups (broad SMARTS) is 1. The molecule has 4 fully saturated rings. The van der Waals surface area contributed by atoms with Crippen LogP contribution >= 0.6 is 0 Å². The topological polar surface area (TPSA) is 128 Å². The number of carbonyl (C=O) groups is 2. The molecule has 5 N–H and O–H groups in total. The molecule has 1 amide bonds. The normalized spacial score (nSPS) is 30.4. The Morgan fingerprint density at radius 3 is 2.51 bits per heavy atom. The SMILES string of the molecule is Cc1c(CN2O[C@@H](CN)[C@@H]([C@H](C)O)[C@H]2C(=O)N[C@H]2C[C@H]3C[C@@H]([C@@H]2C)C3(C)C)cccc1-c1cc(C(=O)O)cc(N(C)C)c1. The number of rotatable bonds is 9. The second kappa shape index (κ2) is 11.8. The maximum atomic E-state index is 14.0. The van der Waals surface area contributed by atoms with Crippen LogP contribution in [0.1, 0.15) is 62.0 Å². The van der Waals surface area contributed by atoms with Crippen molar-refractivity contribution in [2.24, 2.45) is 34.8 Å². The summed E-state index contributed by atoms with van der Waals surface area (Å²) in [5.74, 6) is -0.0115. The lowest BCUT2D eigenvalue weighted by Crippen LogP contribution is -2.62. The lowest BCUT2D eigenvalue weighted by Gasteiger charge is -2.62. The molecule has 9 nitrogen and oxygen atoms in total. The van der Waals surface area contributed by atoms with Crippen LogP contribution in [0.15, 0.2) is 36.4 Å². The van der Waals surface area contributed by atoms with Gasteiger partial charge in [-0.05, 0) is 90.3 Å². The molecule has 43 heavy (non-hydrogen) atoms. The molecule has 3 saturated carbocycles. The highest BCUT2D eigenvalue weighted by Crippen LogP contribution is 2.61. The molecule has 0 unspecified atom stereocenters. The van der Waals surface area contributed by atoms with Gasteiger partial charge in [0.2, 0.25) is 5.91 Å². The Balaban J connectivity index is 1.43. The van der Waals surface area contributed by atoms with Crippen molar-refractivity contribution in [1.82, 2.24) is 10.4 Å². The third-order valence-corrected chi connectivity index (χ3v) is 10.9. The van der Waals surface area contributed by atoms with E-state index in [9.17, 15) is 19.8 Å². The number of hydroxylamine groups is 2. The Kier molecular flexibility index (Phi) is 8.66. The zero-order chi connectivity index (χ0) is 31.4. The molecule has 1 aliphatic heterocycles. The standard InChI is InChI=1S/C34H48N4O5/c1-18-21(9-8-10-26(18)22-11-23(33(41)42)13-25(12-22)37(6)7)17-38-31(30(20(3)39)29(16-35)43-38)32(40)36-28-15-24-14-27(19(28)2)34(24,4)5/h8-13,19-20,24,27-31,39H,14-17,35H2,1-7H3,(H,36,40)(H,41,42)/t19-,20-,24+,27-,28-,29-,30+,31-/m0/s1. The summed E-state index contributed by atoms with van der Waals surface area (Å²) in [6.45, 7) is 11.1. The fourth-order valence-corrected chi connectivity index (χ4v) is 8.01. The minimum Gasteiger partial charge on any atom is -0.478 e. The van der Waals surface area contributed by atoms with E-state index in [2.05, 4.69) is 26.1 Å². The summed E-state index contributed by atoms with van der Waals surface area (Å²) in [6, 6.07) is 10.6. The summed E-state index contributed by atoms with van der Waals surface area (Å²) in [4.78, 5) is 34.1. The highest BCUT2D eigenvalue weighted by atomic mass is 16.7. The molecule has 2 aromatic carbocycles. The maximum absolute atomic E-state index is 14.0. The van der Waals surface area contributed by atoms with Gasteiger partial charge in [0.1, 0.15) is 6.04 Å². The van der Waals surface area contributed by atoms with Crippen molar-refractivity contribution in [1.29, 1.82) is 0 Å². The van der Waals surface area contributed by atoms with Crippen molar-refractivity contribution < 1.29 is 24.6 Å². The fourth-order valence-electron chi connectivity index (χ4n) is 8.01. The third-order valence-electron chi connectivity index (χ3n) is 10.9. The molecule has 2 aromatic rings. The van der Waals surface area contributed by atoms with Gasteiger partial charge in [-0.1, -0.05) is 39.0 Å². The number of aliphatic hydroxyl groups excluding tert-OH is 1. The van der Waals surface area contributed by atoms with Crippen LogP contribution < -0.4 is 16.0 Å². The summed E-state index contributed by atoms with van der Waals surface area (Å²) in [5.41, 5.74) is 11.0. The Bertz CT molecular complexity index is 1370. The van der Waals surface area contributed by atoms with Crippen LogP contribution in [0, 0.1) is 36.0 Å². The molecular weight excluding hydrogens is 544 g/mol. The van der Waals surface area contributed by atoms with Crippen molar-refractivity contribution in [2.45, 2.75) is 78.3 Å². The quantitative estimate of drug-likeness (QED) is 0.343. The minimum absolute atomic E-state index is 0.0927. The molecule has 6 rings (SSSR count). The molecule has 0 radical (unpaired) electrons. The number of amides is 1. The summed E-state index contributed by atoms with van der Waals surface area (Å²) in [6.07, 6.45) is 0.910. The van der Waals surface area contributed by atoms with Gasteiger partial charge >= 0.3 is 5.97 Å². The summed E-state index contributed by atoms with van der Waals surface area (Å²) in [5, 5.41) is 25.6. The largest absolute Gasteiger partial charge is 0.478 e. The Labute approximate surface area is 255 Å². The van der Waals surface area contributed by atoms with E-state index >= 15 is 0 Å². The Morgan fingerprint density at radius 1 is 1.21 bits per heavy atom. The number of nitrogens with zero attached hydrogens (tertiary/aromatic N) is 2. The van der Waals surface area contributed by atoms with Crippen LogP contribution in [0.2, 0.25) is 0 Å². The van der Waals surface area contributed by atoms with Crippen LogP contribution in [-0.2, 0) is 16.2 Å². The van der Waals surface area contributed by atoms with Crippen molar-refractivity contribution in [3.8, 4) is 11.1 Å². The maximum Gasteiger partial charge on any atom is 0.335 e. The average molecular weight is 593 g/mol. The lowest BCUT2D eigenvalue weighted by molar-refractivity contribution is -0.175. The first-order valence-electron chi connectivity index (χ1n) is 15.5. The Morgan fingerprint density at radius 2 is 1.93 bits per heavy atom. The number of hydrogen-bond acceptors (Lipinski definition) is 7. The zero-order valence-electron chi connectivity index (χ0n) is 26.5. The second-order valence-corrected chi connectivity index (χ2v) is 13.8. The first-order chi connectivity index (χ1) is 20.2. The highest BCUT2D eigenvalue weighted by molar-refractivity contribution is 5.91. The van der Waals surface area contributed by atoms with Gasteiger partial charge in [0.15, 0.2) is 0 Å². The molecule has 4 aliphatic rings. The summed E-state index contributed by atoms with van der Waals surface area (Å²) >= 11 is 0. The number of aromatic carboxylic acids is 1.